The van der Waals surface area contributed by atoms with Gasteiger partial charge in [-0.2, -0.15) is 0 Å². The largest absolute Gasteiger partial charge is 0.396 e. The van der Waals surface area contributed by atoms with E-state index in [4.69, 9.17) is 5.11 Å². The summed E-state index contributed by atoms with van der Waals surface area (Å²) in [4.78, 5) is 12.4. The molecule has 0 aliphatic heterocycles. The first-order valence-electron chi connectivity index (χ1n) is 7.60. The summed E-state index contributed by atoms with van der Waals surface area (Å²) in [6.07, 6.45) is 1.64. The maximum Gasteiger partial charge on any atom is 0.253 e. The highest BCUT2D eigenvalue weighted by Crippen LogP contribution is 2.22. The monoisotopic (exact) mass is 292 g/mol. The number of para-hydroxylation sites is 1. The molecule has 1 rings (SSSR count). The van der Waals surface area contributed by atoms with Crippen LogP contribution in [0.2, 0.25) is 0 Å². The van der Waals surface area contributed by atoms with Gasteiger partial charge in [0.1, 0.15) is 0 Å². The van der Waals surface area contributed by atoms with Crippen molar-refractivity contribution < 1.29 is 9.90 Å². The summed E-state index contributed by atoms with van der Waals surface area (Å²) in [5, 5.41) is 15.2. The number of amides is 1. The van der Waals surface area contributed by atoms with Crippen molar-refractivity contribution in [1.82, 2.24) is 5.32 Å². The predicted octanol–water partition coefficient (Wildman–Crippen LogP) is 3.04. The Labute approximate surface area is 128 Å². The number of aliphatic hydroxyl groups is 1. The Morgan fingerprint density at radius 3 is 2.57 bits per heavy atom. The van der Waals surface area contributed by atoms with Crippen molar-refractivity contribution in [2.75, 3.05) is 18.5 Å². The first-order chi connectivity index (χ1) is 9.85. The van der Waals surface area contributed by atoms with E-state index in [0.717, 1.165) is 18.5 Å². The van der Waals surface area contributed by atoms with Crippen molar-refractivity contribution in [3.63, 3.8) is 0 Å². The zero-order valence-corrected chi connectivity index (χ0v) is 13.6. The molecule has 1 amide bonds. The first-order valence-corrected chi connectivity index (χ1v) is 7.60. The number of carbonyl (C=O) groups is 1. The van der Waals surface area contributed by atoms with Crippen LogP contribution in [0.1, 0.15) is 50.9 Å². The minimum absolute atomic E-state index is 0.0151. The Bertz CT molecular complexity index is 456. The number of aliphatic hydroxyl groups excluding tert-OH is 1. The van der Waals surface area contributed by atoms with E-state index in [1.54, 1.807) is 0 Å². The summed E-state index contributed by atoms with van der Waals surface area (Å²) < 4.78 is 0. The normalized spacial score (nSPS) is 11.5. The van der Waals surface area contributed by atoms with Crippen molar-refractivity contribution in [1.29, 1.82) is 0 Å². The molecule has 1 aromatic rings. The molecular weight excluding hydrogens is 264 g/mol. The van der Waals surface area contributed by atoms with Crippen LogP contribution >= 0.6 is 0 Å². The second-order valence-corrected chi connectivity index (χ2v) is 6.52. The average molecular weight is 292 g/mol. The molecule has 0 saturated heterocycles. The highest BCUT2D eigenvalue weighted by molar-refractivity contribution is 5.99. The molecule has 1 aromatic carbocycles. The highest BCUT2D eigenvalue weighted by Gasteiger charge is 2.19. The van der Waals surface area contributed by atoms with Crippen molar-refractivity contribution in [3.05, 3.63) is 29.8 Å². The topological polar surface area (TPSA) is 61.4 Å². The van der Waals surface area contributed by atoms with Crippen molar-refractivity contribution in [2.45, 2.75) is 46.6 Å². The molecule has 0 spiro atoms. The second-order valence-electron chi connectivity index (χ2n) is 6.52. The number of carbonyl (C=O) groups excluding carboxylic acids is 1. The van der Waals surface area contributed by atoms with Gasteiger partial charge in [0.2, 0.25) is 0 Å². The van der Waals surface area contributed by atoms with Crippen LogP contribution in [-0.4, -0.2) is 30.2 Å². The number of rotatable bonds is 8. The average Bonchev–Trinajstić information content (AvgIpc) is 2.43. The van der Waals surface area contributed by atoms with E-state index in [0.29, 0.717) is 12.1 Å². The van der Waals surface area contributed by atoms with Gasteiger partial charge in [-0.15, -0.1) is 0 Å². The van der Waals surface area contributed by atoms with Gasteiger partial charge >= 0.3 is 0 Å². The van der Waals surface area contributed by atoms with Gasteiger partial charge < -0.3 is 15.7 Å². The summed E-state index contributed by atoms with van der Waals surface area (Å²) in [5.74, 6) is -0.0594. The second kappa shape index (κ2) is 8.03. The molecule has 4 nitrogen and oxygen atoms in total. The fraction of sp³-hybridized carbons (Fsp3) is 0.588. The lowest BCUT2D eigenvalue weighted by atomic mass is 9.88. The fourth-order valence-corrected chi connectivity index (χ4v) is 2.18. The first kappa shape index (κ1) is 17.5. The maximum atomic E-state index is 12.4. The van der Waals surface area contributed by atoms with Gasteiger partial charge in [0.25, 0.3) is 5.91 Å². The van der Waals surface area contributed by atoms with E-state index in [2.05, 4.69) is 24.5 Å². The summed E-state index contributed by atoms with van der Waals surface area (Å²) in [7, 11) is 0. The lowest BCUT2D eigenvalue weighted by molar-refractivity contribution is 0.0933. The van der Waals surface area contributed by atoms with Crippen LogP contribution in [0.3, 0.4) is 0 Å². The molecule has 0 aliphatic carbocycles. The molecule has 4 heteroatoms. The van der Waals surface area contributed by atoms with Gasteiger partial charge in [-0.05, 0) is 44.2 Å². The zero-order chi connectivity index (χ0) is 15.9. The quantitative estimate of drug-likeness (QED) is 0.690. The summed E-state index contributed by atoms with van der Waals surface area (Å²) in [6.45, 7) is 9.09. The number of nitrogens with one attached hydrogen (secondary N) is 2. The number of hydrogen-bond acceptors (Lipinski definition) is 3. The molecule has 0 fully saturated rings. The third-order valence-corrected chi connectivity index (χ3v) is 3.36. The summed E-state index contributed by atoms with van der Waals surface area (Å²) in [6, 6.07) is 7.83. The molecule has 0 unspecified atom stereocenters. The summed E-state index contributed by atoms with van der Waals surface area (Å²) in [5.41, 5.74) is 1.51. The lowest BCUT2D eigenvalue weighted by Gasteiger charge is -2.25. The molecule has 118 valence electrons. The molecular formula is C17H28N2O2. The van der Waals surface area contributed by atoms with Crippen molar-refractivity contribution in [3.8, 4) is 0 Å². The van der Waals surface area contributed by atoms with Crippen LogP contribution in [0.5, 0.6) is 0 Å². The molecule has 0 aliphatic rings. The maximum absolute atomic E-state index is 12.4. The molecule has 21 heavy (non-hydrogen) atoms. The molecule has 0 heterocycles. The third-order valence-electron chi connectivity index (χ3n) is 3.36. The van der Waals surface area contributed by atoms with E-state index >= 15 is 0 Å². The van der Waals surface area contributed by atoms with Gasteiger partial charge in [0.05, 0.1) is 5.56 Å². The Kier molecular flexibility index (Phi) is 6.69. The van der Waals surface area contributed by atoms with Crippen molar-refractivity contribution in [2.24, 2.45) is 5.41 Å². The van der Waals surface area contributed by atoms with E-state index < -0.39 is 0 Å². The van der Waals surface area contributed by atoms with Gasteiger partial charge in [-0.1, -0.05) is 26.0 Å². The Morgan fingerprint density at radius 1 is 1.29 bits per heavy atom. The highest BCUT2D eigenvalue weighted by atomic mass is 16.2. The molecule has 0 atom stereocenters. The zero-order valence-electron chi connectivity index (χ0n) is 13.6. The predicted molar refractivity (Wildman–Crippen MR) is 87.6 cm³/mol. The van der Waals surface area contributed by atoms with E-state index in [9.17, 15) is 4.79 Å². The molecule has 0 bridgehead atoms. The van der Waals surface area contributed by atoms with Gasteiger partial charge in [0, 0.05) is 24.9 Å². The Morgan fingerprint density at radius 2 is 1.95 bits per heavy atom. The van der Waals surface area contributed by atoms with Crippen LogP contribution in [-0.2, 0) is 0 Å². The fourth-order valence-electron chi connectivity index (χ4n) is 2.18. The third kappa shape index (κ3) is 6.17. The van der Waals surface area contributed by atoms with Crippen LogP contribution in [0.15, 0.2) is 24.3 Å². The number of hydrogen-bond donors (Lipinski definition) is 3. The smallest absolute Gasteiger partial charge is 0.253 e. The summed E-state index contributed by atoms with van der Waals surface area (Å²) >= 11 is 0. The minimum Gasteiger partial charge on any atom is -0.396 e. The minimum atomic E-state index is -0.0594. The molecule has 0 aromatic heterocycles. The van der Waals surface area contributed by atoms with Crippen molar-refractivity contribution >= 4 is 11.6 Å². The Balaban J connectivity index is 2.67. The number of anilines is 1. The van der Waals surface area contributed by atoms with Gasteiger partial charge in [-0.3, -0.25) is 4.79 Å². The Hall–Kier alpha value is -1.55. The van der Waals surface area contributed by atoms with Gasteiger partial charge in [-0.25, -0.2) is 0 Å². The molecule has 0 saturated carbocycles. The van der Waals surface area contributed by atoms with Crippen LogP contribution < -0.4 is 10.6 Å². The molecule has 0 radical (unpaired) electrons. The van der Waals surface area contributed by atoms with E-state index in [-0.39, 0.29) is 24.0 Å². The SMILES string of the molecule is CC(C)Nc1ccccc1C(=O)NCC(C)(C)CCCO. The van der Waals surface area contributed by atoms with Crippen LogP contribution in [0.25, 0.3) is 0 Å². The lowest BCUT2D eigenvalue weighted by Crippen LogP contribution is -2.34. The van der Waals surface area contributed by atoms with Crippen LogP contribution in [0, 0.1) is 5.41 Å². The standard InChI is InChI=1S/C17H28N2O2/c1-13(2)19-15-9-6-5-8-14(15)16(21)18-12-17(3,4)10-7-11-20/h5-6,8-9,13,19-20H,7,10-12H2,1-4H3,(H,18,21). The number of benzene rings is 1. The molecule has 3 N–H and O–H groups in total. The van der Waals surface area contributed by atoms with Crippen LogP contribution in [0.4, 0.5) is 5.69 Å². The van der Waals surface area contributed by atoms with E-state index in [1.807, 2.05) is 38.1 Å². The van der Waals surface area contributed by atoms with E-state index in [1.165, 1.54) is 0 Å². The van der Waals surface area contributed by atoms with Gasteiger partial charge in [0.15, 0.2) is 0 Å².